The first-order valence-electron chi connectivity index (χ1n) is 6.55. The Kier molecular flexibility index (Phi) is 4.22. The third-order valence-corrected chi connectivity index (χ3v) is 4.22. The number of fused-ring (bicyclic) bond motifs is 2. The second kappa shape index (κ2) is 5.67. The molecule has 92 valence electrons. The average Bonchev–Trinajstić information content (AvgIpc) is 2.84. The molecule has 0 spiro atoms. The minimum Gasteiger partial charge on any atom is -0.480 e. The number of rotatable bonds is 7. The van der Waals surface area contributed by atoms with Gasteiger partial charge >= 0.3 is 5.97 Å². The van der Waals surface area contributed by atoms with Crippen LogP contribution >= 0.6 is 0 Å². The van der Waals surface area contributed by atoms with Gasteiger partial charge in [0.15, 0.2) is 0 Å². The Hall–Kier alpha value is -0.570. The molecular weight excluding hydrogens is 204 g/mol. The van der Waals surface area contributed by atoms with E-state index in [1.807, 2.05) is 0 Å². The first-order valence-corrected chi connectivity index (χ1v) is 6.55. The predicted molar refractivity (Wildman–Crippen MR) is 61.2 cm³/mol. The molecule has 2 fully saturated rings. The van der Waals surface area contributed by atoms with Crippen molar-refractivity contribution in [3.63, 3.8) is 0 Å². The van der Waals surface area contributed by atoms with E-state index in [0.717, 1.165) is 24.2 Å². The summed E-state index contributed by atoms with van der Waals surface area (Å²) in [4.78, 5) is 10.2. The Labute approximate surface area is 97.2 Å². The van der Waals surface area contributed by atoms with Crippen LogP contribution in [0, 0.1) is 17.8 Å². The third-order valence-electron chi connectivity index (χ3n) is 4.22. The normalized spacial score (nSPS) is 32.1. The first-order chi connectivity index (χ1) is 7.75. The van der Waals surface area contributed by atoms with Gasteiger partial charge in [0.2, 0.25) is 0 Å². The van der Waals surface area contributed by atoms with E-state index in [0.29, 0.717) is 6.61 Å². The topological polar surface area (TPSA) is 46.5 Å². The molecule has 1 N–H and O–H groups in total. The van der Waals surface area contributed by atoms with E-state index in [9.17, 15) is 4.79 Å². The molecule has 2 aliphatic carbocycles. The van der Waals surface area contributed by atoms with Gasteiger partial charge in [0.05, 0.1) is 0 Å². The molecule has 3 atom stereocenters. The Bertz CT molecular complexity index is 239. The number of hydrogen-bond acceptors (Lipinski definition) is 2. The fourth-order valence-corrected chi connectivity index (χ4v) is 3.50. The van der Waals surface area contributed by atoms with Gasteiger partial charge < -0.3 is 9.84 Å². The van der Waals surface area contributed by atoms with Gasteiger partial charge in [0.25, 0.3) is 0 Å². The van der Waals surface area contributed by atoms with Crippen LogP contribution in [0.1, 0.15) is 44.9 Å². The predicted octanol–water partition coefficient (Wildman–Crippen LogP) is 2.69. The summed E-state index contributed by atoms with van der Waals surface area (Å²) in [5.41, 5.74) is 0. The number of carboxylic acid groups (broad SMARTS) is 1. The van der Waals surface area contributed by atoms with Gasteiger partial charge in [-0.2, -0.15) is 0 Å². The maximum absolute atomic E-state index is 10.2. The van der Waals surface area contributed by atoms with Crippen LogP contribution in [0.5, 0.6) is 0 Å². The standard InChI is InChI=1S/C13H22O3/c14-13(15)9-16-6-2-1-3-11-7-10-4-5-12(11)8-10/h10-12H,1-9H2,(H,14,15)/t10-,11?,12-/m1/s1. The average molecular weight is 226 g/mol. The maximum atomic E-state index is 10.2. The van der Waals surface area contributed by atoms with Gasteiger partial charge in [-0.25, -0.2) is 4.79 Å². The van der Waals surface area contributed by atoms with Crippen LogP contribution < -0.4 is 0 Å². The van der Waals surface area contributed by atoms with Crippen LogP contribution in [0.25, 0.3) is 0 Å². The number of hydrogen-bond donors (Lipinski definition) is 1. The van der Waals surface area contributed by atoms with E-state index in [4.69, 9.17) is 9.84 Å². The number of ether oxygens (including phenoxy) is 1. The fourth-order valence-electron chi connectivity index (χ4n) is 3.50. The smallest absolute Gasteiger partial charge is 0.329 e. The van der Waals surface area contributed by atoms with Crippen molar-refractivity contribution in [1.82, 2.24) is 0 Å². The van der Waals surface area contributed by atoms with Crippen LogP contribution in [0.2, 0.25) is 0 Å². The van der Waals surface area contributed by atoms with Crippen molar-refractivity contribution in [3.8, 4) is 0 Å². The highest BCUT2D eigenvalue weighted by molar-refractivity contribution is 5.67. The summed E-state index contributed by atoms with van der Waals surface area (Å²) >= 11 is 0. The molecule has 3 heteroatoms. The Morgan fingerprint density at radius 1 is 1.25 bits per heavy atom. The molecule has 0 radical (unpaired) electrons. The van der Waals surface area contributed by atoms with E-state index >= 15 is 0 Å². The highest BCUT2D eigenvalue weighted by Crippen LogP contribution is 2.49. The SMILES string of the molecule is O=C(O)COCCCCC1C[C@H]2CC[C@@H]1C2. The van der Waals surface area contributed by atoms with E-state index in [1.165, 1.54) is 38.5 Å². The highest BCUT2D eigenvalue weighted by Gasteiger charge is 2.38. The Morgan fingerprint density at radius 2 is 2.12 bits per heavy atom. The first kappa shape index (κ1) is 11.9. The quantitative estimate of drug-likeness (QED) is 0.679. The molecule has 0 aromatic heterocycles. The van der Waals surface area contributed by atoms with Crippen LogP contribution in [-0.2, 0) is 9.53 Å². The summed E-state index contributed by atoms with van der Waals surface area (Å²) in [5, 5.41) is 8.39. The monoisotopic (exact) mass is 226 g/mol. The molecule has 2 saturated carbocycles. The molecule has 0 heterocycles. The van der Waals surface area contributed by atoms with Crippen molar-refractivity contribution < 1.29 is 14.6 Å². The zero-order chi connectivity index (χ0) is 11.4. The lowest BCUT2D eigenvalue weighted by Gasteiger charge is -2.21. The lowest BCUT2D eigenvalue weighted by molar-refractivity contribution is -0.142. The highest BCUT2D eigenvalue weighted by atomic mass is 16.5. The van der Waals surface area contributed by atoms with Crippen molar-refractivity contribution in [1.29, 1.82) is 0 Å². The van der Waals surface area contributed by atoms with Crippen LogP contribution in [0.3, 0.4) is 0 Å². The minimum atomic E-state index is -0.867. The van der Waals surface area contributed by atoms with Crippen LogP contribution in [-0.4, -0.2) is 24.3 Å². The molecule has 2 rings (SSSR count). The van der Waals surface area contributed by atoms with E-state index in [1.54, 1.807) is 0 Å². The lowest BCUT2D eigenvalue weighted by atomic mass is 9.85. The number of carboxylic acids is 1. The largest absolute Gasteiger partial charge is 0.480 e. The lowest BCUT2D eigenvalue weighted by Crippen LogP contribution is -2.11. The van der Waals surface area contributed by atoms with Gasteiger partial charge in [-0.15, -0.1) is 0 Å². The summed E-state index contributed by atoms with van der Waals surface area (Å²) < 4.78 is 5.02. The molecule has 16 heavy (non-hydrogen) atoms. The molecule has 0 aromatic rings. The van der Waals surface area contributed by atoms with Gasteiger partial charge in [0, 0.05) is 6.61 Å². The van der Waals surface area contributed by atoms with Crippen molar-refractivity contribution in [2.45, 2.75) is 44.9 Å². The molecule has 2 bridgehead atoms. The van der Waals surface area contributed by atoms with Gasteiger partial charge in [-0.1, -0.05) is 19.3 Å². The number of unbranched alkanes of at least 4 members (excludes halogenated alkanes) is 1. The molecule has 0 aliphatic heterocycles. The van der Waals surface area contributed by atoms with E-state index in [2.05, 4.69) is 0 Å². The molecule has 0 aromatic carbocycles. The van der Waals surface area contributed by atoms with Crippen LogP contribution in [0.4, 0.5) is 0 Å². The summed E-state index contributed by atoms with van der Waals surface area (Å²) in [6.45, 7) is 0.460. The summed E-state index contributed by atoms with van der Waals surface area (Å²) in [7, 11) is 0. The molecular formula is C13H22O3. The minimum absolute atomic E-state index is 0.145. The van der Waals surface area contributed by atoms with Gasteiger partial charge in [0.1, 0.15) is 6.61 Å². The number of aliphatic carboxylic acids is 1. The van der Waals surface area contributed by atoms with Gasteiger partial charge in [-0.3, -0.25) is 0 Å². The second-order valence-corrected chi connectivity index (χ2v) is 5.38. The summed E-state index contributed by atoms with van der Waals surface area (Å²) in [6.07, 6.45) is 9.43. The third kappa shape index (κ3) is 3.21. The second-order valence-electron chi connectivity index (χ2n) is 5.38. The summed E-state index contributed by atoms with van der Waals surface area (Å²) in [6, 6.07) is 0. The van der Waals surface area contributed by atoms with E-state index in [-0.39, 0.29) is 6.61 Å². The van der Waals surface area contributed by atoms with Crippen molar-refractivity contribution in [2.75, 3.05) is 13.2 Å². The number of carbonyl (C=O) groups is 1. The van der Waals surface area contributed by atoms with Crippen LogP contribution in [0.15, 0.2) is 0 Å². The summed E-state index contributed by atoms with van der Waals surface area (Å²) in [5.74, 6) is 2.16. The molecule has 2 aliphatic rings. The van der Waals surface area contributed by atoms with Crippen molar-refractivity contribution >= 4 is 5.97 Å². The van der Waals surface area contributed by atoms with E-state index < -0.39 is 5.97 Å². The van der Waals surface area contributed by atoms with Crippen molar-refractivity contribution in [2.24, 2.45) is 17.8 Å². The Balaban J connectivity index is 1.48. The molecule has 3 nitrogen and oxygen atoms in total. The Morgan fingerprint density at radius 3 is 2.75 bits per heavy atom. The molecule has 1 unspecified atom stereocenters. The zero-order valence-electron chi connectivity index (χ0n) is 9.86. The fraction of sp³-hybridized carbons (Fsp3) is 0.923. The molecule has 0 saturated heterocycles. The van der Waals surface area contributed by atoms with Gasteiger partial charge in [-0.05, 0) is 43.4 Å². The van der Waals surface area contributed by atoms with Crippen molar-refractivity contribution in [3.05, 3.63) is 0 Å². The molecule has 0 amide bonds. The zero-order valence-corrected chi connectivity index (χ0v) is 9.86. The maximum Gasteiger partial charge on any atom is 0.329 e.